The van der Waals surface area contributed by atoms with Crippen LogP contribution in [0.15, 0.2) is 0 Å². The van der Waals surface area contributed by atoms with Crippen LogP contribution in [0.1, 0.15) is 52.9 Å². The van der Waals surface area contributed by atoms with E-state index in [9.17, 15) is 16.8 Å². The summed E-state index contributed by atoms with van der Waals surface area (Å²) < 4.78 is 53.3. The van der Waals surface area contributed by atoms with Crippen molar-refractivity contribution in [2.45, 2.75) is 75.5 Å². The summed E-state index contributed by atoms with van der Waals surface area (Å²) in [6, 6.07) is -0.314. The molecule has 0 radical (unpaired) electrons. The van der Waals surface area contributed by atoms with E-state index in [2.05, 4.69) is 9.44 Å². The van der Waals surface area contributed by atoms with Crippen LogP contribution in [0.4, 0.5) is 0 Å². The van der Waals surface area contributed by atoms with Crippen LogP contribution in [0.5, 0.6) is 0 Å². The van der Waals surface area contributed by atoms with Crippen molar-refractivity contribution in [2.75, 3.05) is 0 Å². The third-order valence-electron chi connectivity index (χ3n) is 4.17. The summed E-state index contributed by atoms with van der Waals surface area (Å²) in [4.78, 5) is 0. The minimum Gasteiger partial charge on any atom is -0.212 e. The van der Waals surface area contributed by atoms with Gasteiger partial charge in [-0.25, -0.2) is 26.3 Å². The van der Waals surface area contributed by atoms with Gasteiger partial charge in [-0.3, -0.25) is 0 Å². The Labute approximate surface area is 128 Å². The van der Waals surface area contributed by atoms with E-state index in [1.807, 2.05) is 6.92 Å². The Morgan fingerprint density at radius 3 is 2.10 bits per heavy atom. The van der Waals surface area contributed by atoms with Crippen molar-refractivity contribution < 1.29 is 16.8 Å². The Morgan fingerprint density at radius 1 is 1.00 bits per heavy atom. The quantitative estimate of drug-likeness (QED) is 0.689. The highest BCUT2D eigenvalue weighted by atomic mass is 32.2. The molecule has 6 nitrogen and oxygen atoms in total. The van der Waals surface area contributed by atoms with Gasteiger partial charge in [-0.15, -0.1) is 0 Å². The van der Waals surface area contributed by atoms with E-state index in [4.69, 9.17) is 0 Å². The third kappa shape index (κ3) is 4.40. The summed E-state index contributed by atoms with van der Waals surface area (Å²) in [5.41, 5.74) is 0. The van der Waals surface area contributed by atoms with Gasteiger partial charge >= 0.3 is 0 Å². The molecule has 21 heavy (non-hydrogen) atoms. The normalized spacial score (nSPS) is 28.4. The summed E-state index contributed by atoms with van der Waals surface area (Å²) in [5, 5.41) is -0.614. The number of rotatable bonds is 8. The predicted octanol–water partition coefficient (Wildman–Crippen LogP) is 0.953. The molecular formula is C13H26N2O4S2. The Balaban J connectivity index is 1.81. The van der Waals surface area contributed by atoms with Crippen molar-refractivity contribution in [3.8, 4) is 0 Å². The predicted molar refractivity (Wildman–Crippen MR) is 82.9 cm³/mol. The maximum Gasteiger partial charge on any atom is 0.214 e. The van der Waals surface area contributed by atoms with E-state index in [-0.39, 0.29) is 28.5 Å². The highest BCUT2D eigenvalue weighted by Crippen LogP contribution is 2.40. The lowest BCUT2D eigenvalue weighted by Gasteiger charge is -2.27. The van der Waals surface area contributed by atoms with Crippen molar-refractivity contribution in [3.05, 3.63) is 0 Å². The minimum atomic E-state index is -3.26. The largest absolute Gasteiger partial charge is 0.214 e. The summed E-state index contributed by atoms with van der Waals surface area (Å²) >= 11 is 0. The number of hydrogen-bond donors (Lipinski definition) is 2. The SMILES string of the molecule is CC(C)NS(=O)(=O)C1CC1CC(C)NS(=O)(=O)C1CCC1. The van der Waals surface area contributed by atoms with Gasteiger partial charge in [0.2, 0.25) is 20.0 Å². The minimum absolute atomic E-state index is 0.0559. The molecule has 0 aromatic carbocycles. The second-order valence-corrected chi connectivity index (χ2v) is 10.6. The van der Waals surface area contributed by atoms with Crippen molar-refractivity contribution >= 4 is 20.0 Å². The first-order valence-electron chi connectivity index (χ1n) is 7.64. The molecule has 2 saturated carbocycles. The second kappa shape index (κ2) is 6.14. The zero-order valence-corrected chi connectivity index (χ0v) is 14.5. The fourth-order valence-corrected chi connectivity index (χ4v) is 6.58. The molecule has 0 aromatic heterocycles. The highest BCUT2D eigenvalue weighted by Gasteiger charge is 2.48. The molecule has 124 valence electrons. The van der Waals surface area contributed by atoms with Crippen LogP contribution in [-0.4, -0.2) is 39.4 Å². The Kier molecular flexibility index (Phi) is 5.02. The zero-order chi connectivity index (χ0) is 15.8. The molecule has 2 aliphatic carbocycles. The molecule has 0 saturated heterocycles. The molecule has 3 atom stereocenters. The fraction of sp³-hybridized carbons (Fsp3) is 1.00. The van der Waals surface area contributed by atoms with Gasteiger partial charge in [0.1, 0.15) is 0 Å². The average Bonchev–Trinajstić information content (AvgIpc) is 2.89. The molecule has 2 N–H and O–H groups in total. The molecule has 0 amide bonds. The molecule has 0 spiro atoms. The molecule has 0 aromatic rings. The van der Waals surface area contributed by atoms with Crippen LogP contribution in [0.25, 0.3) is 0 Å². The average molecular weight is 338 g/mol. The topological polar surface area (TPSA) is 92.3 Å². The van der Waals surface area contributed by atoms with E-state index in [0.717, 1.165) is 19.3 Å². The molecule has 0 heterocycles. The Morgan fingerprint density at radius 2 is 1.62 bits per heavy atom. The van der Waals surface area contributed by atoms with Gasteiger partial charge in [0.25, 0.3) is 0 Å². The van der Waals surface area contributed by atoms with Gasteiger partial charge < -0.3 is 0 Å². The molecule has 2 rings (SSSR count). The van der Waals surface area contributed by atoms with Crippen LogP contribution in [0.2, 0.25) is 0 Å². The van der Waals surface area contributed by atoms with Gasteiger partial charge in [-0.05, 0) is 52.4 Å². The monoisotopic (exact) mass is 338 g/mol. The van der Waals surface area contributed by atoms with E-state index >= 15 is 0 Å². The molecule has 3 unspecified atom stereocenters. The highest BCUT2D eigenvalue weighted by molar-refractivity contribution is 7.90. The first-order chi connectivity index (χ1) is 9.62. The van der Waals surface area contributed by atoms with E-state index in [1.165, 1.54) is 0 Å². The van der Waals surface area contributed by atoms with E-state index in [1.54, 1.807) is 13.8 Å². The van der Waals surface area contributed by atoms with Gasteiger partial charge in [-0.1, -0.05) is 6.42 Å². The first-order valence-corrected chi connectivity index (χ1v) is 10.7. The number of nitrogens with one attached hydrogen (secondary N) is 2. The van der Waals surface area contributed by atoms with Crippen molar-refractivity contribution in [1.29, 1.82) is 0 Å². The molecule has 8 heteroatoms. The van der Waals surface area contributed by atoms with Crippen LogP contribution < -0.4 is 9.44 Å². The standard InChI is InChI=1S/C13H26N2O4S2/c1-9(2)14-21(18,19)13-8-11(13)7-10(3)15-20(16,17)12-5-4-6-12/h9-15H,4-8H2,1-3H3. The smallest absolute Gasteiger partial charge is 0.212 e. The van der Waals surface area contributed by atoms with Gasteiger partial charge in [0, 0.05) is 12.1 Å². The second-order valence-electron chi connectivity index (χ2n) is 6.70. The zero-order valence-electron chi connectivity index (χ0n) is 12.9. The van der Waals surface area contributed by atoms with Gasteiger partial charge in [0.15, 0.2) is 0 Å². The summed E-state index contributed by atoms with van der Waals surface area (Å²) in [7, 11) is -6.49. The van der Waals surface area contributed by atoms with Crippen LogP contribution >= 0.6 is 0 Å². The third-order valence-corrected chi connectivity index (χ3v) is 8.42. The van der Waals surface area contributed by atoms with Gasteiger partial charge in [0.05, 0.1) is 10.5 Å². The summed E-state index contributed by atoms with van der Waals surface area (Å²) in [5.74, 6) is 0.0559. The summed E-state index contributed by atoms with van der Waals surface area (Å²) in [6.07, 6.45) is 3.65. The van der Waals surface area contributed by atoms with Crippen LogP contribution in [-0.2, 0) is 20.0 Å². The maximum absolute atomic E-state index is 12.0. The fourth-order valence-electron chi connectivity index (χ4n) is 2.82. The first kappa shape index (κ1) is 17.2. The number of sulfonamides is 2. The van der Waals surface area contributed by atoms with Crippen LogP contribution in [0.3, 0.4) is 0 Å². The maximum atomic E-state index is 12.0. The summed E-state index contributed by atoms with van der Waals surface area (Å²) in [6.45, 7) is 5.41. The van der Waals surface area contributed by atoms with Gasteiger partial charge in [-0.2, -0.15) is 0 Å². The van der Waals surface area contributed by atoms with Crippen molar-refractivity contribution in [2.24, 2.45) is 5.92 Å². The Bertz CT molecular complexity index is 567. The lowest BCUT2D eigenvalue weighted by atomic mass is 10.0. The van der Waals surface area contributed by atoms with Crippen molar-refractivity contribution in [3.63, 3.8) is 0 Å². The molecular weight excluding hydrogens is 312 g/mol. The molecule has 0 bridgehead atoms. The molecule has 2 fully saturated rings. The lowest BCUT2D eigenvalue weighted by molar-refractivity contribution is 0.456. The Hall–Kier alpha value is -0.180. The van der Waals surface area contributed by atoms with E-state index in [0.29, 0.717) is 12.8 Å². The molecule has 0 aliphatic heterocycles. The van der Waals surface area contributed by atoms with E-state index < -0.39 is 20.0 Å². The number of hydrogen-bond acceptors (Lipinski definition) is 4. The van der Waals surface area contributed by atoms with Crippen LogP contribution in [0, 0.1) is 5.92 Å². The lowest BCUT2D eigenvalue weighted by Crippen LogP contribution is -2.43. The van der Waals surface area contributed by atoms with Crippen molar-refractivity contribution in [1.82, 2.24) is 9.44 Å². The molecule has 2 aliphatic rings.